The minimum Gasteiger partial charge on any atom is -0.469 e. The molecule has 2 aromatic rings. The zero-order valence-electron chi connectivity index (χ0n) is 11.1. The number of nitrogens with one attached hydrogen (secondary N) is 1. The van der Waals surface area contributed by atoms with Crippen LogP contribution in [0.5, 0.6) is 0 Å². The van der Waals surface area contributed by atoms with Crippen LogP contribution in [0.4, 0.5) is 0 Å². The quantitative estimate of drug-likeness (QED) is 0.895. The number of aromatic nitrogens is 2. The third-order valence-electron chi connectivity index (χ3n) is 3.34. The fourth-order valence-corrected chi connectivity index (χ4v) is 2.30. The number of rotatable bonds is 4. The summed E-state index contributed by atoms with van der Waals surface area (Å²) in [6.07, 6.45) is 2.48. The third kappa shape index (κ3) is 2.69. The number of hydrogen-bond donors (Lipinski definition) is 1. The van der Waals surface area contributed by atoms with Crippen LogP contribution in [0.3, 0.4) is 0 Å². The zero-order chi connectivity index (χ0) is 13.1. The van der Waals surface area contributed by atoms with Crippen LogP contribution in [0.1, 0.15) is 18.5 Å². The van der Waals surface area contributed by atoms with Crippen molar-refractivity contribution in [2.45, 2.75) is 19.9 Å². The number of furan rings is 1. The first-order chi connectivity index (χ1) is 9.36. The summed E-state index contributed by atoms with van der Waals surface area (Å²) in [7, 11) is 0. The molecule has 0 amide bonds. The summed E-state index contributed by atoms with van der Waals surface area (Å²) in [5.41, 5.74) is 0.904. The smallest absolute Gasteiger partial charge is 0.261 e. The molecule has 1 aliphatic heterocycles. The van der Waals surface area contributed by atoms with Crippen molar-refractivity contribution >= 4 is 0 Å². The first-order valence-corrected chi connectivity index (χ1v) is 6.69. The summed E-state index contributed by atoms with van der Waals surface area (Å²) in [5, 5.41) is 7.38. The second-order valence-corrected chi connectivity index (χ2v) is 4.65. The van der Waals surface area contributed by atoms with E-state index in [4.69, 9.17) is 8.94 Å². The molecule has 1 fully saturated rings. The molecule has 19 heavy (non-hydrogen) atoms. The Bertz CT molecular complexity index is 528. The summed E-state index contributed by atoms with van der Waals surface area (Å²) < 4.78 is 10.7. The van der Waals surface area contributed by atoms with E-state index in [-0.39, 0.29) is 0 Å². The zero-order valence-corrected chi connectivity index (χ0v) is 11.1. The van der Waals surface area contributed by atoms with E-state index in [0.717, 1.165) is 56.3 Å². The molecule has 6 heteroatoms. The van der Waals surface area contributed by atoms with Crippen molar-refractivity contribution in [2.75, 3.05) is 26.2 Å². The van der Waals surface area contributed by atoms with Crippen molar-refractivity contribution in [1.82, 2.24) is 20.4 Å². The number of nitrogens with zero attached hydrogens (tertiary/aromatic N) is 3. The van der Waals surface area contributed by atoms with Crippen LogP contribution in [-0.4, -0.2) is 41.2 Å². The fourth-order valence-electron chi connectivity index (χ4n) is 2.30. The highest BCUT2D eigenvalue weighted by molar-refractivity contribution is 5.55. The van der Waals surface area contributed by atoms with Gasteiger partial charge in [0.1, 0.15) is 5.76 Å². The maximum Gasteiger partial charge on any atom is 0.261 e. The van der Waals surface area contributed by atoms with Gasteiger partial charge in [-0.15, -0.1) is 0 Å². The Morgan fingerprint density at radius 2 is 2.21 bits per heavy atom. The van der Waals surface area contributed by atoms with Crippen LogP contribution in [0.25, 0.3) is 11.5 Å². The van der Waals surface area contributed by atoms with E-state index >= 15 is 0 Å². The van der Waals surface area contributed by atoms with E-state index in [0.29, 0.717) is 5.89 Å². The van der Waals surface area contributed by atoms with Crippen molar-refractivity contribution < 1.29 is 8.94 Å². The molecule has 0 spiro atoms. The van der Waals surface area contributed by atoms with Crippen LogP contribution in [0, 0.1) is 0 Å². The van der Waals surface area contributed by atoms with E-state index < -0.39 is 0 Å². The highest BCUT2D eigenvalue weighted by Crippen LogP contribution is 2.23. The summed E-state index contributed by atoms with van der Waals surface area (Å²) in [6.45, 7) is 6.87. The lowest BCUT2D eigenvalue weighted by Crippen LogP contribution is -2.43. The highest BCUT2D eigenvalue weighted by atomic mass is 16.5. The van der Waals surface area contributed by atoms with Gasteiger partial charge in [-0.2, -0.15) is 4.98 Å². The van der Waals surface area contributed by atoms with Gasteiger partial charge in [0.05, 0.1) is 18.4 Å². The van der Waals surface area contributed by atoms with Gasteiger partial charge in [0.2, 0.25) is 0 Å². The van der Waals surface area contributed by atoms with Crippen molar-refractivity contribution in [3.05, 3.63) is 23.9 Å². The molecule has 6 nitrogen and oxygen atoms in total. The van der Waals surface area contributed by atoms with Crippen LogP contribution in [0.2, 0.25) is 0 Å². The lowest BCUT2D eigenvalue weighted by molar-refractivity contribution is 0.225. The molecule has 2 aromatic heterocycles. The Morgan fingerprint density at radius 3 is 3.00 bits per heavy atom. The Kier molecular flexibility index (Phi) is 3.61. The van der Waals surface area contributed by atoms with Gasteiger partial charge < -0.3 is 14.3 Å². The predicted molar refractivity (Wildman–Crippen MR) is 69.5 cm³/mol. The molecule has 0 aliphatic carbocycles. The minimum absolute atomic E-state index is 0.552. The molecule has 102 valence electrons. The molecule has 0 bridgehead atoms. The SMILES string of the molecule is CCc1occc1-c1nc(CN2CCNCC2)no1. The van der Waals surface area contributed by atoms with Gasteiger partial charge in [-0.1, -0.05) is 12.1 Å². The van der Waals surface area contributed by atoms with Crippen molar-refractivity contribution in [2.24, 2.45) is 0 Å². The third-order valence-corrected chi connectivity index (χ3v) is 3.34. The molecule has 0 unspecified atom stereocenters. The Morgan fingerprint density at radius 1 is 1.37 bits per heavy atom. The molecule has 0 aromatic carbocycles. The van der Waals surface area contributed by atoms with E-state index in [9.17, 15) is 0 Å². The van der Waals surface area contributed by atoms with Crippen LogP contribution in [-0.2, 0) is 13.0 Å². The van der Waals surface area contributed by atoms with Crippen molar-refractivity contribution in [3.63, 3.8) is 0 Å². The molecule has 1 saturated heterocycles. The molecule has 3 rings (SSSR count). The molecular weight excluding hydrogens is 244 g/mol. The molecule has 0 saturated carbocycles. The molecular formula is C13H18N4O2. The van der Waals surface area contributed by atoms with E-state index in [1.54, 1.807) is 6.26 Å². The summed E-state index contributed by atoms with van der Waals surface area (Å²) >= 11 is 0. The lowest BCUT2D eigenvalue weighted by atomic mass is 10.2. The van der Waals surface area contributed by atoms with Crippen LogP contribution < -0.4 is 5.32 Å². The van der Waals surface area contributed by atoms with Gasteiger partial charge in [-0.3, -0.25) is 4.90 Å². The predicted octanol–water partition coefficient (Wildman–Crippen LogP) is 1.30. The van der Waals surface area contributed by atoms with Gasteiger partial charge in [0, 0.05) is 32.6 Å². The Labute approximate surface area is 111 Å². The second-order valence-electron chi connectivity index (χ2n) is 4.65. The molecule has 0 atom stereocenters. The maximum absolute atomic E-state index is 5.38. The second kappa shape index (κ2) is 5.54. The fraction of sp³-hybridized carbons (Fsp3) is 0.538. The van der Waals surface area contributed by atoms with E-state index in [2.05, 4.69) is 20.4 Å². The van der Waals surface area contributed by atoms with E-state index in [1.807, 2.05) is 13.0 Å². The normalized spacial score (nSPS) is 16.9. The average molecular weight is 262 g/mol. The molecule has 1 N–H and O–H groups in total. The van der Waals surface area contributed by atoms with Gasteiger partial charge in [-0.05, 0) is 6.07 Å². The molecule has 0 radical (unpaired) electrons. The van der Waals surface area contributed by atoms with E-state index in [1.165, 1.54) is 0 Å². The molecule has 3 heterocycles. The Hall–Kier alpha value is -1.66. The first kappa shape index (κ1) is 12.4. The minimum atomic E-state index is 0.552. The van der Waals surface area contributed by atoms with Gasteiger partial charge >= 0.3 is 0 Å². The standard InChI is InChI=1S/C13H18N4O2/c1-2-11-10(3-8-18-11)13-15-12(16-19-13)9-17-6-4-14-5-7-17/h3,8,14H,2,4-7,9H2,1H3. The number of aryl methyl sites for hydroxylation is 1. The van der Waals surface area contributed by atoms with Crippen molar-refractivity contribution in [1.29, 1.82) is 0 Å². The number of piperazine rings is 1. The summed E-state index contributed by atoms with van der Waals surface area (Å²) in [6, 6.07) is 1.88. The average Bonchev–Trinajstić information content (AvgIpc) is 3.07. The monoisotopic (exact) mass is 262 g/mol. The Balaban J connectivity index is 1.72. The first-order valence-electron chi connectivity index (χ1n) is 6.69. The lowest BCUT2D eigenvalue weighted by Gasteiger charge is -2.25. The van der Waals surface area contributed by atoms with Gasteiger partial charge in [0.15, 0.2) is 5.82 Å². The summed E-state index contributed by atoms with van der Waals surface area (Å²) in [4.78, 5) is 6.78. The highest BCUT2D eigenvalue weighted by Gasteiger charge is 2.17. The van der Waals surface area contributed by atoms with Crippen LogP contribution in [0.15, 0.2) is 21.3 Å². The largest absolute Gasteiger partial charge is 0.469 e. The topological polar surface area (TPSA) is 67.3 Å². The number of hydrogen-bond acceptors (Lipinski definition) is 6. The van der Waals surface area contributed by atoms with Crippen molar-refractivity contribution in [3.8, 4) is 11.5 Å². The summed E-state index contributed by atoms with van der Waals surface area (Å²) in [5.74, 6) is 2.17. The van der Waals surface area contributed by atoms with Gasteiger partial charge in [-0.25, -0.2) is 0 Å². The molecule has 1 aliphatic rings. The van der Waals surface area contributed by atoms with Crippen LogP contribution >= 0.6 is 0 Å². The van der Waals surface area contributed by atoms with Gasteiger partial charge in [0.25, 0.3) is 5.89 Å². The maximum atomic E-state index is 5.38.